The number of nitrogens with one attached hydrogen (secondary N) is 2. The van der Waals surface area contributed by atoms with Gasteiger partial charge in [-0.2, -0.15) is 0 Å². The average Bonchev–Trinajstić information content (AvgIpc) is 2.68. The number of carbonyl (C=O) groups is 1. The van der Waals surface area contributed by atoms with Crippen molar-refractivity contribution in [2.75, 3.05) is 30.4 Å². The molecule has 0 saturated carbocycles. The predicted molar refractivity (Wildman–Crippen MR) is 102 cm³/mol. The van der Waals surface area contributed by atoms with Gasteiger partial charge in [0.25, 0.3) is 11.6 Å². The topological polar surface area (TPSA) is 87.5 Å². The summed E-state index contributed by atoms with van der Waals surface area (Å²) in [4.78, 5) is 24.6. The van der Waals surface area contributed by atoms with Gasteiger partial charge in [0.1, 0.15) is 11.5 Å². The van der Waals surface area contributed by atoms with E-state index in [1.165, 1.54) is 19.2 Å². The van der Waals surface area contributed by atoms with Gasteiger partial charge in [-0.1, -0.05) is 12.1 Å². The predicted octanol–water partition coefficient (Wildman–Crippen LogP) is 3.17. The molecule has 1 fully saturated rings. The molecule has 3 rings (SSSR count). The first-order chi connectivity index (χ1) is 13.0. The average molecular weight is 372 g/mol. The molecule has 8 heteroatoms. The van der Waals surface area contributed by atoms with Crippen molar-refractivity contribution in [2.24, 2.45) is 0 Å². The number of nitro groups is 1. The van der Waals surface area contributed by atoms with E-state index in [1.807, 2.05) is 4.90 Å². The van der Waals surface area contributed by atoms with Crippen LogP contribution >= 0.6 is 0 Å². The highest BCUT2D eigenvalue weighted by molar-refractivity contribution is 5.95. The highest BCUT2D eigenvalue weighted by Gasteiger charge is 2.25. The standard InChI is InChI=1S/C19H21FN4O3/c1-21-19(25)13-8-9-16(18(11-13)24(26)27)22-14-5-4-10-23(12-14)17-7-3-2-6-15(17)20/h2-3,6-9,11,14,22H,4-5,10,12H2,1H3,(H,21,25). The molecule has 142 valence electrons. The molecule has 1 atom stereocenters. The van der Waals surface area contributed by atoms with Crippen molar-refractivity contribution in [1.29, 1.82) is 0 Å². The number of para-hydroxylation sites is 1. The first-order valence-corrected chi connectivity index (χ1v) is 8.76. The van der Waals surface area contributed by atoms with Crippen molar-refractivity contribution in [3.63, 3.8) is 0 Å². The second kappa shape index (κ2) is 8.03. The number of benzene rings is 2. The lowest BCUT2D eigenvalue weighted by molar-refractivity contribution is -0.384. The van der Waals surface area contributed by atoms with Gasteiger partial charge in [-0.25, -0.2) is 4.39 Å². The molecular formula is C19H21FN4O3. The Balaban J connectivity index is 1.79. The van der Waals surface area contributed by atoms with Crippen LogP contribution in [0.3, 0.4) is 0 Å². The zero-order valence-electron chi connectivity index (χ0n) is 14.9. The molecule has 0 aromatic heterocycles. The minimum atomic E-state index is -0.508. The molecule has 7 nitrogen and oxygen atoms in total. The minimum absolute atomic E-state index is 0.0668. The zero-order valence-corrected chi connectivity index (χ0v) is 14.9. The number of nitrogens with zero attached hydrogens (tertiary/aromatic N) is 2. The molecule has 0 spiro atoms. The fourth-order valence-corrected chi connectivity index (χ4v) is 3.33. The van der Waals surface area contributed by atoms with E-state index in [9.17, 15) is 19.3 Å². The molecule has 27 heavy (non-hydrogen) atoms. The lowest BCUT2D eigenvalue weighted by atomic mass is 10.0. The van der Waals surface area contributed by atoms with E-state index in [1.54, 1.807) is 30.3 Å². The van der Waals surface area contributed by atoms with E-state index in [-0.39, 0.29) is 29.0 Å². The molecule has 0 aliphatic carbocycles. The Morgan fingerprint density at radius 1 is 1.30 bits per heavy atom. The van der Waals surface area contributed by atoms with Gasteiger partial charge >= 0.3 is 0 Å². The largest absolute Gasteiger partial charge is 0.375 e. The normalized spacial score (nSPS) is 16.7. The molecule has 0 radical (unpaired) electrons. The smallest absolute Gasteiger partial charge is 0.293 e. The van der Waals surface area contributed by atoms with Crippen molar-refractivity contribution < 1.29 is 14.1 Å². The number of piperidine rings is 1. The van der Waals surface area contributed by atoms with Gasteiger partial charge < -0.3 is 15.5 Å². The molecule has 2 N–H and O–H groups in total. The lowest BCUT2D eigenvalue weighted by Gasteiger charge is -2.35. The van der Waals surface area contributed by atoms with Crippen LogP contribution in [0.5, 0.6) is 0 Å². The summed E-state index contributed by atoms with van der Waals surface area (Å²) in [6, 6.07) is 10.9. The Kier molecular flexibility index (Phi) is 5.54. The molecular weight excluding hydrogens is 351 g/mol. The van der Waals surface area contributed by atoms with E-state index >= 15 is 0 Å². The van der Waals surface area contributed by atoms with Gasteiger partial charge in [0, 0.05) is 37.8 Å². The van der Waals surface area contributed by atoms with Gasteiger partial charge in [-0.15, -0.1) is 0 Å². The molecule has 1 aliphatic heterocycles. The first kappa shape index (κ1) is 18.6. The summed E-state index contributed by atoms with van der Waals surface area (Å²) >= 11 is 0. The summed E-state index contributed by atoms with van der Waals surface area (Å²) in [6.07, 6.45) is 1.66. The molecule has 1 heterocycles. The molecule has 1 aliphatic rings. The second-order valence-corrected chi connectivity index (χ2v) is 6.45. The third kappa shape index (κ3) is 4.16. The number of hydrogen-bond acceptors (Lipinski definition) is 5. The lowest BCUT2D eigenvalue weighted by Crippen LogP contribution is -2.42. The van der Waals surface area contributed by atoms with E-state index in [4.69, 9.17) is 0 Å². The van der Waals surface area contributed by atoms with E-state index in [0.717, 1.165) is 19.4 Å². The van der Waals surface area contributed by atoms with Gasteiger partial charge in [0.05, 0.1) is 10.6 Å². The van der Waals surface area contributed by atoms with Crippen LogP contribution in [0.2, 0.25) is 0 Å². The maximum atomic E-state index is 14.1. The monoisotopic (exact) mass is 372 g/mol. The maximum Gasteiger partial charge on any atom is 0.293 e. The Morgan fingerprint density at radius 2 is 2.07 bits per heavy atom. The summed E-state index contributed by atoms with van der Waals surface area (Å²) in [7, 11) is 1.47. The van der Waals surface area contributed by atoms with Crippen LogP contribution in [-0.4, -0.2) is 37.0 Å². The minimum Gasteiger partial charge on any atom is -0.375 e. The summed E-state index contributed by atoms with van der Waals surface area (Å²) in [6.45, 7) is 1.27. The van der Waals surface area contributed by atoms with E-state index in [0.29, 0.717) is 17.9 Å². The van der Waals surface area contributed by atoms with Crippen LogP contribution in [-0.2, 0) is 0 Å². The summed E-state index contributed by atoms with van der Waals surface area (Å²) in [5.41, 5.74) is 0.965. The highest BCUT2D eigenvalue weighted by atomic mass is 19.1. The molecule has 1 amide bonds. The second-order valence-electron chi connectivity index (χ2n) is 6.45. The van der Waals surface area contributed by atoms with Gasteiger partial charge in [-0.05, 0) is 37.1 Å². The van der Waals surface area contributed by atoms with Crippen molar-refractivity contribution in [3.8, 4) is 0 Å². The van der Waals surface area contributed by atoms with Crippen molar-refractivity contribution >= 4 is 23.0 Å². The van der Waals surface area contributed by atoms with Crippen LogP contribution in [0.4, 0.5) is 21.5 Å². The van der Waals surface area contributed by atoms with Crippen molar-refractivity contribution in [2.45, 2.75) is 18.9 Å². The zero-order chi connectivity index (χ0) is 19.4. The number of hydrogen-bond donors (Lipinski definition) is 2. The number of nitro benzene ring substituents is 1. The first-order valence-electron chi connectivity index (χ1n) is 8.76. The number of carbonyl (C=O) groups excluding carboxylic acids is 1. The van der Waals surface area contributed by atoms with Crippen LogP contribution in [0.1, 0.15) is 23.2 Å². The molecule has 0 bridgehead atoms. The Labute approximate surface area is 156 Å². The summed E-state index contributed by atoms with van der Waals surface area (Å²) in [5, 5.41) is 17.1. The number of amides is 1. The molecule has 1 unspecified atom stereocenters. The number of anilines is 2. The van der Waals surface area contributed by atoms with Crippen LogP contribution in [0.15, 0.2) is 42.5 Å². The fraction of sp³-hybridized carbons (Fsp3) is 0.316. The molecule has 2 aromatic rings. The molecule has 1 saturated heterocycles. The SMILES string of the molecule is CNC(=O)c1ccc(NC2CCCN(c3ccccc3F)C2)c([N+](=O)[O-])c1. The van der Waals surface area contributed by atoms with Crippen LogP contribution in [0.25, 0.3) is 0 Å². The summed E-state index contributed by atoms with van der Waals surface area (Å²) < 4.78 is 14.1. The maximum absolute atomic E-state index is 14.1. The van der Waals surface area contributed by atoms with Gasteiger partial charge in [-0.3, -0.25) is 14.9 Å². The number of rotatable bonds is 5. The van der Waals surface area contributed by atoms with E-state index < -0.39 is 4.92 Å². The van der Waals surface area contributed by atoms with E-state index in [2.05, 4.69) is 10.6 Å². The third-order valence-corrected chi connectivity index (χ3v) is 4.66. The quantitative estimate of drug-likeness (QED) is 0.622. The molecule has 2 aromatic carbocycles. The van der Waals surface area contributed by atoms with Crippen molar-refractivity contribution in [1.82, 2.24) is 5.32 Å². The Morgan fingerprint density at radius 3 is 2.78 bits per heavy atom. The van der Waals surface area contributed by atoms with Gasteiger partial charge in [0.15, 0.2) is 0 Å². The van der Waals surface area contributed by atoms with Crippen molar-refractivity contribution in [3.05, 3.63) is 64.0 Å². The summed E-state index contributed by atoms with van der Waals surface area (Å²) in [5.74, 6) is -0.660. The Bertz CT molecular complexity index is 859. The number of halogens is 1. The van der Waals surface area contributed by atoms with Gasteiger partial charge in [0.2, 0.25) is 0 Å². The highest BCUT2D eigenvalue weighted by Crippen LogP contribution is 2.29. The fourth-order valence-electron chi connectivity index (χ4n) is 3.33. The third-order valence-electron chi connectivity index (χ3n) is 4.66. The Hall–Kier alpha value is -3.16. The van der Waals surface area contributed by atoms with Crippen LogP contribution in [0, 0.1) is 15.9 Å². The van der Waals surface area contributed by atoms with Crippen LogP contribution < -0.4 is 15.5 Å².